The number of hydrogen-bond donors (Lipinski definition) is 3. The third kappa shape index (κ3) is 4.54. The van der Waals surface area contributed by atoms with E-state index in [4.69, 9.17) is 5.41 Å². The number of rotatable bonds is 8. The molecule has 3 aromatic rings. The lowest BCUT2D eigenvalue weighted by Crippen LogP contribution is -2.37. The molecule has 1 fully saturated rings. The second kappa shape index (κ2) is 8.64. The van der Waals surface area contributed by atoms with E-state index in [9.17, 15) is 9.50 Å². The standard InChI is InChI=1S/C27H29FN2O/c1-27(2,26(31)19-8-9-19)25(18-6-4-3-5-7-18)20-10-15-24(21(16-20)17-29)30-23-13-11-22(28)12-14-23/h3-7,10-17,19,25-26,29-31H,8-9H2,1-2H3. The molecule has 31 heavy (non-hydrogen) atoms. The number of halogens is 1. The third-order valence-corrected chi connectivity index (χ3v) is 6.40. The summed E-state index contributed by atoms with van der Waals surface area (Å²) in [6, 6.07) is 22.5. The number of nitrogens with one attached hydrogen (secondary N) is 2. The lowest BCUT2D eigenvalue weighted by atomic mass is 9.67. The average Bonchev–Trinajstić information content (AvgIpc) is 3.62. The van der Waals surface area contributed by atoms with Crippen molar-refractivity contribution in [2.45, 2.75) is 38.7 Å². The van der Waals surface area contributed by atoms with Crippen LogP contribution in [0.4, 0.5) is 15.8 Å². The molecular formula is C27H29FN2O. The molecule has 0 aliphatic heterocycles. The first-order valence-corrected chi connectivity index (χ1v) is 10.8. The van der Waals surface area contributed by atoms with Gasteiger partial charge in [-0.25, -0.2) is 4.39 Å². The maximum Gasteiger partial charge on any atom is 0.123 e. The fraction of sp³-hybridized carbons (Fsp3) is 0.296. The highest BCUT2D eigenvalue weighted by Crippen LogP contribution is 2.50. The zero-order chi connectivity index (χ0) is 22.0. The fourth-order valence-electron chi connectivity index (χ4n) is 4.57. The van der Waals surface area contributed by atoms with E-state index in [1.54, 1.807) is 12.1 Å². The Morgan fingerprint density at radius 3 is 2.29 bits per heavy atom. The summed E-state index contributed by atoms with van der Waals surface area (Å²) in [5.74, 6) is 0.0704. The highest BCUT2D eigenvalue weighted by atomic mass is 19.1. The summed E-state index contributed by atoms with van der Waals surface area (Å²) in [5, 5.41) is 22.4. The van der Waals surface area contributed by atoms with Gasteiger partial charge in [0.05, 0.1) is 6.10 Å². The zero-order valence-corrected chi connectivity index (χ0v) is 18.0. The minimum absolute atomic E-state index is 0.0112. The molecule has 3 nitrogen and oxygen atoms in total. The number of benzene rings is 3. The van der Waals surface area contributed by atoms with Crippen molar-refractivity contribution in [1.82, 2.24) is 0 Å². The van der Waals surface area contributed by atoms with Crippen molar-refractivity contribution in [3.8, 4) is 0 Å². The SMILES string of the molecule is CC(C)(C(c1ccccc1)c1ccc(Nc2ccc(F)cc2)c(C=N)c1)C(O)C1CC1. The molecular weight excluding hydrogens is 387 g/mol. The van der Waals surface area contributed by atoms with E-state index in [2.05, 4.69) is 37.4 Å². The molecule has 0 radical (unpaired) electrons. The molecule has 2 unspecified atom stereocenters. The van der Waals surface area contributed by atoms with E-state index < -0.39 is 6.10 Å². The minimum Gasteiger partial charge on any atom is -0.392 e. The first kappa shape index (κ1) is 21.3. The maximum absolute atomic E-state index is 13.2. The normalized spacial score (nSPS) is 15.9. The van der Waals surface area contributed by atoms with Crippen LogP contribution in [0.15, 0.2) is 72.8 Å². The van der Waals surface area contributed by atoms with Crippen LogP contribution in [-0.2, 0) is 0 Å². The van der Waals surface area contributed by atoms with Gasteiger partial charge in [0.15, 0.2) is 0 Å². The van der Waals surface area contributed by atoms with Gasteiger partial charge in [-0.2, -0.15) is 0 Å². The van der Waals surface area contributed by atoms with Crippen LogP contribution >= 0.6 is 0 Å². The largest absolute Gasteiger partial charge is 0.392 e. The predicted molar refractivity (Wildman–Crippen MR) is 125 cm³/mol. The Morgan fingerprint density at radius 1 is 1.00 bits per heavy atom. The molecule has 4 rings (SSSR count). The van der Waals surface area contributed by atoms with Crippen LogP contribution in [0.25, 0.3) is 0 Å². The third-order valence-electron chi connectivity index (χ3n) is 6.40. The molecule has 160 valence electrons. The Balaban J connectivity index is 1.72. The van der Waals surface area contributed by atoms with Crippen LogP contribution < -0.4 is 5.32 Å². The Bertz CT molecular complexity index is 1040. The van der Waals surface area contributed by atoms with Crippen molar-refractivity contribution in [3.63, 3.8) is 0 Å². The minimum atomic E-state index is -0.391. The number of anilines is 2. The summed E-state index contributed by atoms with van der Waals surface area (Å²) in [4.78, 5) is 0. The Morgan fingerprint density at radius 2 is 1.68 bits per heavy atom. The summed E-state index contributed by atoms with van der Waals surface area (Å²) >= 11 is 0. The van der Waals surface area contributed by atoms with E-state index in [0.717, 1.165) is 40.9 Å². The summed E-state index contributed by atoms with van der Waals surface area (Å²) in [6.45, 7) is 4.28. The summed E-state index contributed by atoms with van der Waals surface area (Å²) in [5.41, 5.74) is 4.16. The lowest BCUT2D eigenvalue weighted by Gasteiger charge is -2.39. The number of hydrogen-bond acceptors (Lipinski definition) is 3. The molecule has 1 aliphatic rings. The van der Waals surface area contributed by atoms with Gasteiger partial charge < -0.3 is 15.8 Å². The van der Waals surface area contributed by atoms with E-state index in [1.165, 1.54) is 18.3 Å². The lowest BCUT2D eigenvalue weighted by molar-refractivity contribution is 0.0210. The quantitative estimate of drug-likeness (QED) is 0.367. The first-order chi connectivity index (χ1) is 14.9. The second-order valence-electron chi connectivity index (χ2n) is 9.07. The van der Waals surface area contributed by atoms with Crippen LogP contribution in [-0.4, -0.2) is 17.4 Å². The molecule has 0 heterocycles. The molecule has 0 aromatic heterocycles. The molecule has 3 aromatic carbocycles. The van der Waals surface area contributed by atoms with Crippen molar-refractivity contribution in [2.75, 3.05) is 5.32 Å². The van der Waals surface area contributed by atoms with Gasteiger partial charge in [0, 0.05) is 34.5 Å². The van der Waals surface area contributed by atoms with Gasteiger partial charge in [-0.15, -0.1) is 0 Å². The second-order valence-corrected chi connectivity index (χ2v) is 9.07. The molecule has 0 saturated heterocycles. The van der Waals surface area contributed by atoms with Gasteiger partial charge in [-0.05, 0) is 66.3 Å². The van der Waals surface area contributed by atoms with Crippen molar-refractivity contribution in [1.29, 1.82) is 5.41 Å². The van der Waals surface area contributed by atoms with Crippen molar-refractivity contribution >= 4 is 17.6 Å². The van der Waals surface area contributed by atoms with E-state index >= 15 is 0 Å². The van der Waals surface area contributed by atoms with Gasteiger partial charge in [0.2, 0.25) is 0 Å². The van der Waals surface area contributed by atoms with Crippen LogP contribution in [0.3, 0.4) is 0 Å². The number of aliphatic hydroxyl groups excluding tert-OH is 1. The molecule has 0 bridgehead atoms. The molecule has 1 aliphatic carbocycles. The van der Waals surface area contributed by atoms with Crippen LogP contribution in [0.5, 0.6) is 0 Å². The van der Waals surface area contributed by atoms with Crippen molar-refractivity contribution in [3.05, 3.63) is 95.3 Å². The molecule has 0 amide bonds. The summed E-state index contributed by atoms with van der Waals surface area (Å²) < 4.78 is 13.2. The van der Waals surface area contributed by atoms with E-state index in [0.29, 0.717) is 5.92 Å². The predicted octanol–water partition coefficient (Wildman–Crippen LogP) is 6.50. The van der Waals surface area contributed by atoms with Gasteiger partial charge in [-0.3, -0.25) is 0 Å². The highest BCUT2D eigenvalue weighted by Gasteiger charge is 2.45. The molecule has 0 spiro atoms. The van der Waals surface area contributed by atoms with E-state index in [-0.39, 0.29) is 17.2 Å². The molecule has 2 atom stereocenters. The zero-order valence-electron chi connectivity index (χ0n) is 18.0. The van der Waals surface area contributed by atoms with Crippen LogP contribution in [0.2, 0.25) is 0 Å². The fourth-order valence-corrected chi connectivity index (χ4v) is 4.57. The number of aliphatic hydroxyl groups is 1. The smallest absolute Gasteiger partial charge is 0.123 e. The Labute approximate surface area is 183 Å². The summed E-state index contributed by atoms with van der Waals surface area (Å²) in [7, 11) is 0. The maximum atomic E-state index is 13.2. The van der Waals surface area contributed by atoms with Crippen LogP contribution in [0, 0.1) is 22.6 Å². The molecule has 3 N–H and O–H groups in total. The monoisotopic (exact) mass is 416 g/mol. The Hall–Kier alpha value is -2.98. The highest BCUT2D eigenvalue weighted by molar-refractivity contribution is 5.87. The van der Waals surface area contributed by atoms with Crippen LogP contribution in [0.1, 0.15) is 49.3 Å². The van der Waals surface area contributed by atoms with Gasteiger partial charge in [0.25, 0.3) is 0 Å². The van der Waals surface area contributed by atoms with E-state index in [1.807, 2.05) is 30.3 Å². The first-order valence-electron chi connectivity index (χ1n) is 10.8. The topological polar surface area (TPSA) is 56.1 Å². The van der Waals surface area contributed by atoms with Crippen molar-refractivity contribution < 1.29 is 9.50 Å². The van der Waals surface area contributed by atoms with Gasteiger partial charge >= 0.3 is 0 Å². The summed E-state index contributed by atoms with van der Waals surface area (Å²) in [6.07, 6.45) is 3.11. The average molecular weight is 417 g/mol. The van der Waals surface area contributed by atoms with Gasteiger partial charge in [-0.1, -0.05) is 50.2 Å². The van der Waals surface area contributed by atoms with Crippen molar-refractivity contribution in [2.24, 2.45) is 11.3 Å². The molecule has 4 heteroatoms. The Kier molecular flexibility index (Phi) is 5.92. The molecule has 1 saturated carbocycles. The van der Waals surface area contributed by atoms with Gasteiger partial charge in [0.1, 0.15) is 5.82 Å².